The Balaban J connectivity index is 3.06. The summed E-state index contributed by atoms with van der Waals surface area (Å²) in [6.45, 7) is 2.45. The SMILES string of the molecule is CCn1nc(C(=O)OC)cc1/C=N/O. The molecule has 0 unspecified atom stereocenters. The monoisotopic (exact) mass is 197 g/mol. The smallest absolute Gasteiger partial charge is 0.358 e. The first-order chi connectivity index (χ1) is 6.72. The minimum absolute atomic E-state index is 0.198. The molecular formula is C8H11N3O3. The van der Waals surface area contributed by atoms with Crippen molar-refractivity contribution in [2.45, 2.75) is 13.5 Å². The zero-order chi connectivity index (χ0) is 10.6. The van der Waals surface area contributed by atoms with Crippen molar-refractivity contribution in [1.82, 2.24) is 9.78 Å². The maximum Gasteiger partial charge on any atom is 0.358 e. The largest absolute Gasteiger partial charge is 0.464 e. The topological polar surface area (TPSA) is 76.7 Å². The molecule has 76 valence electrons. The summed E-state index contributed by atoms with van der Waals surface area (Å²) in [6.07, 6.45) is 1.21. The van der Waals surface area contributed by atoms with E-state index in [1.807, 2.05) is 6.92 Å². The number of carbonyl (C=O) groups excluding carboxylic acids is 1. The Labute approximate surface area is 80.8 Å². The summed E-state index contributed by atoms with van der Waals surface area (Å²) >= 11 is 0. The van der Waals surface area contributed by atoms with Crippen LogP contribution in [0.4, 0.5) is 0 Å². The Kier molecular flexibility index (Phi) is 3.22. The number of oxime groups is 1. The normalized spacial score (nSPS) is 10.7. The number of aryl methyl sites for hydroxylation is 1. The van der Waals surface area contributed by atoms with Crippen molar-refractivity contribution in [3.63, 3.8) is 0 Å². The number of rotatable bonds is 3. The number of ether oxygens (including phenoxy) is 1. The number of hydrogen-bond acceptors (Lipinski definition) is 5. The van der Waals surface area contributed by atoms with Crippen LogP contribution in [0.5, 0.6) is 0 Å². The summed E-state index contributed by atoms with van der Waals surface area (Å²) in [5.41, 5.74) is 0.750. The van der Waals surface area contributed by atoms with Crippen LogP contribution in [0.3, 0.4) is 0 Å². The zero-order valence-corrected chi connectivity index (χ0v) is 7.97. The van der Waals surface area contributed by atoms with Crippen LogP contribution in [0.2, 0.25) is 0 Å². The zero-order valence-electron chi connectivity index (χ0n) is 7.97. The van der Waals surface area contributed by atoms with Gasteiger partial charge >= 0.3 is 5.97 Å². The Morgan fingerprint density at radius 2 is 2.57 bits per heavy atom. The summed E-state index contributed by atoms with van der Waals surface area (Å²) in [4.78, 5) is 11.1. The Morgan fingerprint density at radius 3 is 3.07 bits per heavy atom. The van der Waals surface area contributed by atoms with E-state index in [1.165, 1.54) is 24.1 Å². The molecule has 0 aliphatic carbocycles. The molecule has 0 saturated heterocycles. The molecule has 1 aromatic heterocycles. The molecule has 0 aliphatic heterocycles. The second-order valence-corrected chi connectivity index (χ2v) is 2.51. The lowest BCUT2D eigenvalue weighted by Crippen LogP contribution is -2.05. The van der Waals surface area contributed by atoms with Crippen molar-refractivity contribution >= 4 is 12.2 Å². The first-order valence-corrected chi connectivity index (χ1v) is 4.06. The summed E-state index contributed by atoms with van der Waals surface area (Å²) in [5, 5.41) is 15.2. The minimum atomic E-state index is -0.509. The fraction of sp³-hybridized carbons (Fsp3) is 0.375. The highest BCUT2D eigenvalue weighted by atomic mass is 16.5. The number of aromatic nitrogens is 2. The van der Waals surface area contributed by atoms with Crippen molar-refractivity contribution in [2.24, 2.45) is 5.16 Å². The van der Waals surface area contributed by atoms with E-state index >= 15 is 0 Å². The molecule has 1 heterocycles. The van der Waals surface area contributed by atoms with Crippen LogP contribution in [0.15, 0.2) is 11.2 Å². The second kappa shape index (κ2) is 4.40. The highest BCUT2D eigenvalue weighted by Crippen LogP contribution is 2.03. The highest BCUT2D eigenvalue weighted by Gasteiger charge is 2.12. The van der Waals surface area contributed by atoms with Crippen LogP contribution >= 0.6 is 0 Å². The van der Waals surface area contributed by atoms with Crippen molar-refractivity contribution in [3.8, 4) is 0 Å². The third kappa shape index (κ3) is 1.90. The van der Waals surface area contributed by atoms with Gasteiger partial charge in [0.2, 0.25) is 0 Å². The molecule has 6 heteroatoms. The van der Waals surface area contributed by atoms with Gasteiger partial charge in [0.1, 0.15) is 0 Å². The standard InChI is InChI=1S/C8H11N3O3/c1-3-11-6(5-9-13)4-7(10-11)8(12)14-2/h4-5,13H,3H2,1-2H3/b9-5+. The molecule has 1 rings (SSSR count). The highest BCUT2D eigenvalue weighted by molar-refractivity contribution is 5.89. The molecule has 0 aliphatic rings. The van der Waals surface area contributed by atoms with E-state index in [1.54, 1.807) is 0 Å². The molecule has 0 atom stereocenters. The van der Waals surface area contributed by atoms with Crippen LogP contribution in [-0.2, 0) is 11.3 Å². The van der Waals surface area contributed by atoms with E-state index in [-0.39, 0.29) is 5.69 Å². The number of carbonyl (C=O) groups is 1. The Bertz CT molecular complexity index is 357. The quantitative estimate of drug-likeness (QED) is 0.331. The fourth-order valence-electron chi connectivity index (χ4n) is 1.05. The third-order valence-corrected chi connectivity index (χ3v) is 1.70. The van der Waals surface area contributed by atoms with Crippen molar-refractivity contribution in [2.75, 3.05) is 7.11 Å². The third-order valence-electron chi connectivity index (χ3n) is 1.70. The molecule has 0 fully saturated rings. The molecule has 0 aromatic carbocycles. The number of nitrogens with zero attached hydrogens (tertiary/aromatic N) is 3. The average molecular weight is 197 g/mol. The maximum atomic E-state index is 11.1. The van der Waals surface area contributed by atoms with Crippen LogP contribution in [0.1, 0.15) is 23.1 Å². The van der Waals surface area contributed by atoms with E-state index in [2.05, 4.69) is 15.0 Å². The lowest BCUT2D eigenvalue weighted by molar-refractivity contribution is 0.0593. The van der Waals surface area contributed by atoms with Gasteiger partial charge in [0.25, 0.3) is 0 Å². The molecule has 0 spiro atoms. The van der Waals surface area contributed by atoms with Gasteiger partial charge in [0.05, 0.1) is 19.0 Å². The van der Waals surface area contributed by atoms with Crippen LogP contribution in [0, 0.1) is 0 Å². The molecule has 14 heavy (non-hydrogen) atoms. The molecule has 0 saturated carbocycles. The fourth-order valence-corrected chi connectivity index (χ4v) is 1.05. The molecule has 1 aromatic rings. The lowest BCUT2D eigenvalue weighted by atomic mass is 10.3. The number of hydrogen-bond donors (Lipinski definition) is 1. The van der Waals surface area contributed by atoms with E-state index in [9.17, 15) is 4.79 Å². The lowest BCUT2D eigenvalue weighted by Gasteiger charge is -1.96. The first-order valence-electron chi connectivity index (χ1n) is 4.06. The summed E-state index contributed by atoms with van der Waals surface area (Å²) in [7, 11) is 1.28. The van der Waals surface area contributed by atoms with Crippen molar-refractivity contribution in [3.05, 3.63) is 17.5 Å². The van der Waals surface area contributed by atoms with Crippen molar-refractivity contribution < 1.29 is 14.7 Å². The second-order valence-electron chi connectivity index (χ2n) is 2.51. The van der Waals surface area contributed by atoms with Gasteiger partial charge in [-0.25, -0.2) is 4.79 Å². The van der Waals surface area contributed by atoms with Crippen LogP contribution in [-0.4, -0.2) is 34.3 Å². The molecule has 0 radical (unpaired) electrons. The van der Waals surface area contributed by atoms with Crippen molar-refractivity contribution in [1.29, 1.82) is 0 Å². The van der Waals surface area contributed by atoms with Gasteiger partial charge in [-0.15, -0.1) is 0 Å². The molecule has 1 N–H and O–H groups in total. The average Bonchev–Trinajstić information content (AvgIpc) is 2.60. The van der Waals surface area contributed by atoms with Gasteiger partial charge < -0.3 is 9.94 Å². The van der Waals surface area contributed by atoms with E-state index in [0.717, 1.165) is 0 Å². The predicted octanol–water partition coefficient (Wildman–Crippen LogP) is 0.498. The minimum Gasteiger partial charge on any atom is -0.464 e. The van der Waals surface area contributed by atoms with Gasteiger partial charge in [0, 0.05) is 12.6 Å². The van der Waals surface area contributed by atoms with E-state index in [4.69, 9.17) is 5.21 Å². The Morgan fingerprint density at radius 1 is 1.86 bits per heavy atom. The first kappa shape index (κ1) is 10.2. The molecule has 0 amide bonds. The number of methoxy groups -OCH3 is 1. The van der Waals surface area contributed by atoms with Gasteiger partial charge in [-0.2, -0.15) is 5.10 Å². The van der Waals surface area contributed by atoms with Crippen LogP contribution < -0.4 is 0 Å². The van der Waals surface area contributed by atoms with E-state index in [0.29, 0.717) is 12.2 Å². The van der Waals surface area contributed by atoms with Crippen LogP contribution in [0.25, 0.3) is 0 Å². The van der Waals surface area contributed by atoms with Gasteiger partial charge in [0.15, 0.2) is 5.69 Å². The molecule has 0 bridgehead atoms. The van der Waals surface area contributed by atoms with Gasteiger partial charge in [-0.1, -0.05) is 5.16 Å². The maximum absolute atomic E-state index is 11.1. The van der Waals surface area contributed by atoms with Gasteiger partial charge in [-0.3, -0.25) is 4.68 Å². The molecular weight excluding hydrogens is 186 g/mol. The van der Waals surface area contributed by atoms with Gasteiger partial charge in [-0.05, 0) is 6.92 Å². The number of esters is 1. The predicted molar refractivity (Wildman–Crippen MR) is 48.6 cm³/mol. The summed E-state index contributed by atoms with van der Waals surface area (Å²) in [5.74, 6) is -0.509. The van der Waals surface area contributed by atoms with E-state index < -0.39 is 5.97 Å². The molecule has 6 nitrogen and oxygen atoms in total. The summed E-state index contributed by atoms with van der Waals surface area (Å²) in [6, 6.07) is 1.50. The Hall–Kier alpha value is -1.85. The summed E-state index contributed by atoms with van der Waals surface area (Å²) < 4.78 is 6.04.